The monoisotopic (exact) mass is 462 g/mol. The number of ether oxygens (including phenoxy) is 1. The molecule has 5 heteroatoms. The second-order valence-corrected chi connectivity index (χ2v) is 8.13. The molecule has 0 atom stereocenters. The number of methoxy groups -OCH3 is 1. The van der Waals surface area contributed by atoms with Crippen LogP contribution in [-0.4, -0.2) is 31.0 Å². The molecule has 4 nitrogen and oxygen atoms in total. The van der Waals surface area contributed by atoms with Crippen molar-refractivity contribution < 1.29 is 9.53 Å². The molecule has 1 N–H and O–H groups in total. The minimum Gasteiger partial charge on any atom is -0.497 e. The van der Waals surface area contributed by atoms with E-state index in [1.807, 2.05) is 48.5 Å². The van der Waals surface area contributed by atoms with Crippen LogP contribution in [0.4, 0.5) is 5.69 Å². The molecule has 0 aromatic heterocycles. The van der Waals surface area contributed by atoms with Gasteiger partial charge in [0.15, 0.2) is 0 Å². The van der Waals surface area contributed by atoms with Gasteiger partial charge in [-0.25, -0.2) is 0 Å². The first-order valence-electron chi connectivity index (χ1n) is 11.2. The Kier molecular flexibility index (Phi) is 8.56. The number of rotatable bonds is 9. The maximum atomic E-state index is 12.5. The molecule has 0 unspecified atom stereocenters. The van der Waals surface area contributed by atoms with Crippen LogP contribution in [0.1, 0.15) is 40.4 Å². The van der Waals surface area contributed by atoms with E-state index in [0.29, 0.717) is 5.56 Å². The number of hydrogen-bond acceptors (Lipinski definition) is 3. The van der Waals surface area contributed by atoms with Crippen LogP contribution >= 0.6 is 12.4 Å². The van der Waals surface area contributed by atoms with E-state index >= 15 is 0 Å². The number of fused-ring (bicyclic) bond motifs is 1. The smallest absolute Gasteiger partial charge is 0.255 e. The van der Waals surface area contributed by atoms with Gasteiger partial charge in [-0.3, -0.25) is 4.79 Å². The van der Waals surface area contributed by atoms with Crippen molar-refractivity contribution in [3.63, 3.8) is 0 Å². The molecule has 1 aliphatic rings. The molecule has 0 saturated heterocycles. The summed E-state index contributed by atoms with van der Waals surface area (Å²) in [7, 11) is 1.71. The number of halogens is 1. The van der Waals surface area contributed by atoms with Gasteiger partial charge in [-0.15, -0.1) is 12.4 Å². The minimum absolute atomic E-state index is 0. The first-order chi connectivity index (χ1) is 15.7. The number of carbonyl (C=O) groups is 1. The molecule has 0 bridgehead atoms. The van der Waals surface area contributed by atoms with Gasteiger partial charge in [-0.05, 0) is 72.0 Å². The Bertz CT molecular complexity index is 1110. The van der Waals surface area contributed by atoms with E-state index in [9.17, 15) is 4.79 Å². The summed E-state index contributed by atoms with van der Waals surface area (Å²) in [5, 5.41) is 3.01. The molecule has 172 valence electrons. The molecule has 0 aliphatic heterocycles. The highest BCUT2D eigenvalue weighted by Gasteiger charge is 2.18. The summed E-state index contributed by atoms with van der Waals surface area (Å²) in [4.78, 5) is 15.0. The zero-order valence-corrected chi connectivity index (χ0v) is 20.0. The number of carbonyl (C=O) groups excluding carboxylic acids is 1. The molecule has 0 radical (unpaired) electrons. The lowest BCUT2D eigenvalue weighted by atomic mass is 10.1. The number of nitrogens with zero attached hydrogens (tertiary/aromatic N) is 1. The molecule has 0 fully saturated rings. The molecule has 0 spiro atoms. The topological polar surface area (TPSA) is 41.6 Å². The fraction of sp³-hybridized carbons (Fsp3) is 0.250. The summed E-state index contributed by atoms with van der Waals surface area (Å²) >= 11 is 0. The lowest BCUT2D eigenvalue weighted by Crippen LogP contribution is -2.26. The zero-order valence-electron chi connectivity index (χ0n) is 19.2. The number of hydrogen-bond donors (Lipinski definition) is 1. The molecular formula is C28H31ClN2O2. The van der Waals surface area contributed by atoms with Gasteiger partial charge in [0, 0.05) is 36.5 Å². The average molecular weight is 463 g/mol. The zero-order chi connectivity index (χ0) is 22.3. The minimum atomic E-state index is -0.0836. The second-order valence-electron chi connectivity index (χ2n) is 8.13. The summed E-state index contributed by atoms with van der Waals surface area (Å²) in [5.74, 6) is 0.817. The number of allylic oxidation sites excluding steroid dienone is 1. The Labute approximate surface area is 202 Å². The van der Waals surface area contributed by atoms with Gasteiger partial charge in [0.05, 0.1) is 7.11 Å². The molecule has 33 heavy (non-hydrogen) atoms. The first kappa shape index (κ1) is 24.4. The average Bonchev–Trinajstić information content (AvgIpc) is 3.25. The third-order valence-electron chi connectivity index (χ3n) is 5.84. The number of amides is 1. The predicted molar refractivity (Wildman–Crippen MR) is 138 cm³/mol. The van der Waals surface area contributed by atoms with Crippen LogP contribution in [0, 0.1) is 0 Å². The number of anilines is 1. The Balaban J connectivity index is 0.00000306. The summed E-state index contributed by atoms with van der Waals surface area (Å²) < 4.78 is 5.38. The van der Waals surface area contributed by atoms with E-state index in [1.165, 1.54) is 22.4 Å². The summed E-state index contributed by atoms with van der Waals surface area (Å²) in [6, 6.07) is 23.8. The highest BCUT2D eigenvalue weighted by molar-refractivity contribution is 6.04. The van der Waals surface area contributed by atoms with E-state index in [4.69, 9.17) is 4.74 Å². The number of benzene rings is 3. The van der Waals surface area contributed by atoms with Crippen LogP contribution in [0.15, 0.2) is 78.5 Å². The van der Waals surface area contributed by atoms with Gasteiger partial charge in [-0.2, -0.15) is 0 Å². The van der Waals surface area contributed by atoms with Gasteiger partial charge < -0.3 is 15.0 Å². The third-order valence-corrected chi connectivity index (χ3v) is 5.84. The van der Waals surface area contributed by atoms with Crippen molar-refractivity contribution in [1.29, 1.82) is 0 Å². The summed E-state index contributed by atoms with van der Waals surface area (Å²) in [6.45, 7) is 4.20. The SMILES string of the molecule is CCCN(CCc1cccc(NC(=O)c2ccccc2)c1)C1=Cc2cc(OC)ccc2C1.Cl. The van der Waals surface area contributed by atoms with Crippen LogP contribution in [0.2, 0.25) is 0 Å². The fourth-order valence-electron chi connectivity index (χ4n) is 4.15. The Morgan fingerprint density at radius 3 is 2.58 bits per heavy atom. The highest BCUT2D eigenvalue weighted by atomic mass is 35.5. The van der Waals surface area contributed by atoms with Crippen LogP contribution in [0.5, 0.6) is 5.75 Å². The molecule has 0 saturated carbocycles. The number of nitrogens with one attached hydrogen (secondary N) is 1. The molecule has 3 aromatic carbocycles. The van der Waals surface area contributed by atoms with Crippen molar-refractivity contribution in [2.24, 2.45) is 0 Å². The van der Waals surface area contributed by atoms with Crippen molar-refractivity contribution in [2.45, 2.75) is 26.2 Å². The van der Waals surface area contributed by atoms with E-state index < -0.39 is 0 Å². The van der Waals surface area contributed by atoms with E-state index in [1.54, 1.807) is 7.11 Å². The maximum absolute atomic E-state index is 12.5. The molecule has 1 aliphatic carbocycles. The largest absolute Gasteiger partial charge is 0.497 e. The lowest BCUT2D eigenvalue weighted by molar-refractivity contribution is 0.102. The van der Waals surface area contributed by atoms with Gasteiger partial charge in [0.2, 0.25) is 0 Å². The Morgan fingerprint density at radius 1 is 1.00 bits per heavy atom. The fourth-order valence-corrected chi connectivity index (χ4v) is 4.15. The molecule has 0 heterocycles. The normalized spacial score (nSPS) is 11.8. The molecule has 3 aromatic rings. The van der Waals surface area contributed by atoms with Crippen molar-refractivity contribution in [3.05, 3.63) is 101 Å². The predicted octanol–water partition coefficient (Wildman–Crippen LogP) is 6.22. The van der Waals surface area contributed by atoms with Crippen LogP contribution < -0.4 is 10.1 Å². The van der Waals surface area contributed by atoms with Crippen molar-refractivity contribution >= 4 is 30.1 Å². The molecule has 4 rings (SSSR count). The summed E-state index contributed by atoms with van der Waals surface area (Å²) in [5.41, 5.74) is 6.69. The standard InChI is InChI=1S/C28H30N2O2.ClH/c1-3-15-30(26-18-23-12-13-27(32-2)20-24(23)19-26)16-14-21-8-7-11-25(17-21)29-28(31)22-9-5-4-6-10-22;/h4-13,17,19-20H,3,14-16,18H2,1-2H3,(H,29,31);1H. The van der Waals surface area contributed by atoms with E-state index in [-0.39, 0.29) is 18.3 Å². The van der Waals surface area contributed by atoms with E-state index in [0.717, 1.165) is 43.8 Å². The maximum Gasteiger partial charge on any atom is 0.255 e. The van der Waals surface area contributed by atoms with Gasteiger partial charge >= 0.3 is 0 Å². The third kappa shape index (κ3) is 6.17. The van der Waals surface area contributed by atoms with Crippen LogP contribution in [-0.2, 0) is 12.8 Å². The van der Waals surface area contributed by atoms with Crippen molar-refractivity contribution in [1.82, 2.24) is 4.90 Å². The van der Waals surface area contributed by atoms with Gasteiger partial charge in [0.25, 0.3) is 5.91 Å². The van der Waals surface area contributed by atoms with Gasteiger partial charge in [0.1, 0.15) is 5.75 Å². The van der Waals surface area contributed by atoms with Crippen LogP contribution in [0.3, 0.4) is 0 Å². The van der Waals surface area contributed by atoms with E-state index in [2.05, 4.69) is 47.5 Å². The quantitative estimate of drug-likeness (QED) is 0.410. The van der Waals surface area contributed by atoms with Crippen molar-refractivity contribution in [2.75, 3.05) is 25.5 Å². The van der Waals surface area contributed by atoms with Crippen LogP contribution in [0.25, 0.3) is 6.08 Å². The van der Waals surface area contributed by atoms with Gasteiger partial charge in [-0.1, -0.05) is 43.3 Å². The highest BCUT2D eigenvalue weighted by Crippen LogP contribution is 2.30. The first-order valence-corrected chi connectivity index (χ1v) is 11.2. The summed E-state index contributed by atoms with van der Waals surface area (Å²) in [6.07, 6.45) is 5.28. The second kappa shape index (κ2) is 11.6. The molecule has 1 amide bonds. The Morgan fingerprint density at radius 2 is 1.82 bits per heavy atom. The Hall–Kier alpha value is -3.24. The van der Waals surface area contributed by atoms with Crippen molar-refractivity contribution in [3.8, 4) is 5.75 Å². The molecular weight excluding hydrogens is 432 g/mol. The lowest BCUT2D eigenvalue weighted by Gasteiger charge is -2.26.